The topological polar surface area (TPSA) is 100 Å². The number of rotatable bonds is 2. The Hall–Kier alpha value is -1.35. The van der Waals surface area contributed by atoms with Gasteiger partial charge in [-0.1, -0.05) is 34.6 Å². The van der Waals surface area contributed by atoms with Gasteiger partial charge in [-0.25, -0.2) is 0 Å². The van der Waals surface area contributed by atoms with Gasteiger partial charge in [-0.2, -0.15) is 5.48 Å². The molecule has 0 aromatic heterocycles. The number of nitrogens with one attached hydrogen (secondary N) is 1. The number of carbonyl (C=O) groups excluding carboxylic acids is 3. The van der Waals surface area contributed by atoms with E-state index in [4.69, 9.17) is 19.0 Å². The zero-order valence-corrected chi connectivity index (χ0v) is 21.0. The number of hydrogen-bond donors (Lipinski definition) is 1. The van der Waals surface area contributed by atoms with Gasteiger partial charge in [0.2, 0.25) is 0 Å². The molecule has 9 atom stereocenters. The van der Waals surface area contributed by atoms with Crippen molar-refractivity contribution >= 4 is 17.5 Å². The quantitative estimate of drug-likeness (QED) is 0.501. The minimum atomic E-state index is -1.01. The van der Waals surface area contributed by atoms with E-state index in [2.05, 4.69) is 5.48 Å². The van der Waals surface area contributed by atoms with Crippen LogP contribution in [0.3, 0.4) is 0 Å². The number of fused-ring (bicyclic) bond motifs is 1. The Bertz CT molecular complexity index is 712. The van der Waals surface area contributed by atoms with Crippen LogP contribution in [0, 0.1) is 29.6 Å². The van der Waals surface area contributed by atoms with Crippen LogP contribution in [-0.2, 0) is 33.4 Å². The normalized spacial score (nSPS) is 45.0. The molecular weight excluding hydrogens is 414 g/mol. The Kier molecular flexibility index (Phi) is 8.64. The second-order valence-electron chi connectivity index (χ2n) is 10.0. The summed E-state index contributed by atoms with van der Waals surface area (Å²) in [6, 6.07) is -0.539. The van der Waals surface area contributed by atoms with Crippen molar-refractivity contribution in [2.45, 2.75) is 91.6 Å². The van der Waals surface area contributed by atoms with Gasteiger partial charge in [-0.3, -0.25) is 19.2 Å². The molecule has 184 valence electrons. The third-order valence-corrected chi connectivity index (χ3v) is 8.08. The molecule has 0 spiro atoms. The molecule has 2 aliphatic heterocycles. The Morgan fingerprint density at radius 1 is 1.03 bits per heavy atom. The van der Waals surface area contributed by atoms with E-state index in [1.807, 2.05) is 48.5 Å². The van der Waals surface area contributed by atoms with Gasteiger partial charge >= 0.3 is 5.97 Å². The van der Waals surface area contributed by atoms with Crippen LogP contribution in [0.1, 0.15) is 68.2 Å². The van der Waals surface area contributed by atoms with E-state index in [1.54, 1.807) is 14.0 Å². The molecule has 0 amide bonds. The van der Waals surface area contributed by atoms with Crippen LogP contribution in [0.4, 0.5) is 0 Å². The van der Waals surface area contributed by atoms with E-state index in [-0.39, 0.29) is 30.2 Å². The molecule has 0 unspecified atom stereocenters. The summed E-state index contributed by atoms with van der Waals surface area (Å²) in [5, 5.41) is 0. The standard InChI is InChI=1S/C24H41NO7/c1-10-18-24(8)21(25-31-12-30-24)15(4)19(26)13(2)11-23(7,29-9)17(6)14(3)20(27)16(5)22(28)32-18/h13-18,21,25H,10-12H2,1-9H3/t13-,14-,15+,16-,17-,18-,21-,23-,24-/m1/s1. The molecule has 1 N–H and O–H groups in total. The lowest BCUT2D eigenvalue weighted by atomic mass is 9.70. The van der Waals surface area contributed by atoms with Gasteiger partial charge in [-0.15, -0.1) is 0 Å². The minimum absolute atomic E-state index is 0.0314. The summed E-state index contributed by atoms with van der Waals surface area (Å²) in [6.07, 6.45) is 0.259. The minimum Gasteiger partial charge on any atom is -0.459 e. The van der Waals surface area contributed by atoms with Crippen LogP contribution < -0.4 is 5.48 Å². The molecule has 0 aliphatic carbocycles. The lowest BCUT2D eigenvalue weighted by Crippen LogP contribution is -2.65. The molecule has 2 aliphatic rings. The summed E-state index contributed by atoms with van der Waals surface area (Å²) < 4.78 is 17.7. The van der Waals surface area contributed by atoms with Crippen LogP contribution in [0.5, 0.6) is 0 Å². The van der Waals surface area contributed by atoms with Crippen molar-refractivity contribution in [3.8, 4) is 0 Å². The molecule has 0 aromatic carbocycles. The maximum atomic E-state index is 13.5. The first kappa shape index (κ1) is 26.9. The summed E-state index contributed by atoms with van der Waals surface area (Å²) in [6.45, 7) is 14.7. The first-order chi connectivity index (χ1) is 14.8. The summed E-state index contributed by atoms with van der Waals surface area (Å²) in [5.41, 5.74) is 1.23. The molecule has 0 radical (unpaired) electrons. The van der Waals surface area contributed by atoms with E-state index in [1.165, 1.54) is 0 Å². The molecule has 0 bridgehead atoms. The van der Waals surface area contributed by atoms with Crippen LogP contribution in [0.15, 0.2) is 0 Å². The zero-order valence-electron chi connectivity index (χ0n) is 21.0. The van der Waals surface area contributed by atoms with Gasteiger partial charge in [0.1, 0.15) is 29.2 Å². The fraction of sp³-hybridized carbons (Fsp3) is 0.875. The first-order valence-corrected chi connectivity index (χ1v) is 11.7. The SMILES string of the molecule is CC[C@H]1OC(=O)[C@H](C)C(=O)[C@H](C)[C@@H](C)[C@](C)(OC)C[C@@H](C)C(=O)[C@H](C)[C@H]2NOCO[C@@]21C. The second kappa shape index (κ2) is 10.3. The number of hydroxylamine groups is 1. The molecule has 8 heteroatoms. The van der Waals surface area contributed by atoms with E-state index in [9.17, 15) is 14.4 Å². The van der Waals surface area contributed by atoms with Crippen LogP contribution in [0.2, 0.25) is 0 Å². The van der Waals surface area contributed by atoms with E-state index in [0.717, 1.165) is 0 Å². The van der Waals surface area contributed by atoms with Gasteiger partial charge in [0.05, 0.1) is 11.6 Å². The van der Waals surface area contributed by atoms with Crippen molar-refractivity contribution in [1.29, 1.82) is 0 Å². The molecule has 0 saturated carbocycles. The molecule has 2 heterocycles. The van der Waals surface area contributed by atoms with Crippen LogP contribution >= 0.6 is 0 Å². The van der Waals surface area contributed by atoms with E-state index in [0.29, 0.717) is 12.8 Å². The molecule has 2 fully saturated rings. The Morgan fingerprint density at radius 2 is 1.66 bits per heavy atom. The molecule has 0 aromatic rings. The zero-order chi connectivity index (χ0) is 24.4. The van der Waals surface area contributed by atoms with Crippen molar-refractivity contribution in [3.05, 3.63) is 0 Å². The van der Waals surface area contributed by atoms with Gasteiger partial charge in [0, 0.05) is 24.9 Å². The highest BCUT2D eigenvalue weighted by Crippen LogP contribution is 2.39. The maximum absolute atomic E-state index is 13.5. The Morgan fingerprint density at radius 3 is 2.22 bits per heavy atom. The Balaban J connectivity index is 2.55. The fourth-order valence-electron chi connectivity index (χ4n) is 5.29. The van der Waals surface area contributed by atoms with Crippen LogP contribution in [0.25, 0.3) is 0 Å². The highest BCUT2D eigenvalue weighted by atomic mass is 16.8. The van der Waals surface area contributed by atoms with Gasteiger partial charge in [-0.05, 0) is 39.5 Å². The van der Waals surface area contributed by atoms with E-state index < -0.39 is 47.1 Å². The molecule has 2 rings (SSSR count). The maximum Gasteiger partial charge on any atom is 0.316 e. The van der Waals surface area contributed by atoms with Crippen LogP contribution in [-0.4, -0.2) is 54.8 Å². The lowest BCUT2D eigenvalue weighted by Gasteiger charge is -2.48. The van der Waals surface area contributed by atoms with Gasteiger partial charge in [0.25, 0.3) is 0 Å². The van der Waals surface area contributed by atoms with Crippen molar-refractivity contribution in [2.24, 2.45) is 29.6 Å². The van der Waals surface area contributed by atoms with Crippen molar-refractivity contribution in [3.63, 3.8) is 0 Å². The predicted molar refractivity (Wildman–Crippen MR) is 118 cm³/mol. The van der Waals surface area contributed by atoms with Gasteiger partial charge in [0.15, 0.2) is 6.79 Å². The third-order valence-electron chi connectivity index (χ3n) is 8.08. The summed E-state index contributed by atoms with van der Waals surface area (Å²) in [4.78, 5) is 45.1. The number of ether oxygens (including phenoxy) is 3. The third kappa shape index (κ3) is 4.93. The number of ketones is 2. The van der Waals surface area contributed by atoms with Crippen molar-refractivity contribution in [2.75, 3.05) is 13.9 Å². The highest BCUT2D eigenvalue weighted by Gasteiger charge is 2.52. The fourth-order valence-corrected chi connectivity index (χ4v) is 5.29. The Labute approximate surface area is 192 Å². The molecular formula is C24H41NO7. The average Bonchev–Trinajstić information content (AvgIpc) is 2.78. The van der Waals surface area contributed by atoms with Crippen molar-refractivity contribution < 1.29 is 33.4 Å². The monoisotopic (exact) mass is 455 g/mol. The summed E-state index contributed by atoms with van der Waals surface area (Å²) in [5.74, 6) is -3.13. The number of cyclic esters (lactones) is 1. The molecule has 2 saturated heterocycles. The summed E-state index contributed by atoms with van der Waals surface area (Å²) in [7, 11) is 1.60. The van der Waals surface area contributed by atoms with Gasteiger partial charge < -0.3 is 14.2 Å². The molecule has 8 nitrogen and oxygen atoms in total. The smallest absolute Gasteiger partial charge is 0.316 e. The highest BCUT2D eigenvalue weighted by molar-refractivity contribution is 5.99. The number of hydrogen-bond acceptors (Lipinski definition) is 8. The predicted octanol–water partition coefficient (Wildman–Crippen LogP) is 3.07. The largest absolute Gasteiger partial charge is 0.459 e. The molecule has 32 heavy (non-hydrogen) atoms. The number of esters is 1. The summed E-state index contributed by atoms with van der Waals surface area (Å²) >= 11 is 0. The number of Topliss-reactive ketones (excluding diaryl/α,β-unsaturated/α-hetero) is 2. The lowest BCUT2D eigenvalue weighted by molar-refractivity contribution is -0.278. The van der Waals surface area contributed by atoms with Crippen molar-refractivity contribution in [1.82, 2.24) is 5.48 Å². The first-order valence-electron chi connectivity index (χ1n) is 11.7. The van der Waals surface area contributed by atoms with E-state index >= 15 is 0 Å². The average molecular weight is 456 g/mol. The second-order valence-corrected chi connectivity index (χ2v) is 10.0. The number of carbonyl (C=O) groups is 3. The number of methoxy groups -OCH3 is 1.